The molecule has 1 aromatic rings. The van der Waals surface area contributed by atoms with Crippen LogP contribution in [0.3, 0.4) is 0 Å². The molecule has 1 atom stereocenters. The largest absolute Gasteiger partial charge is 0.371 e. The van der Waals surface area contributed by atoms with Crippen molar-refractivity contribution in [3.63, 3.8) is 0 Å². The lowest BCUT2D eigenvalue weighted by Crippen LogP contribution is -2.21. The fourth-order valence-corrected chi connectivity index (χ4v) is 2.47. The summed E-state index contributed by atoms with van der Waals surface area (Å²) in [5.74, 6) is 1.70. The summed E-state index contributed by atoms with van der Waals surface area (Å²) in [5, 5.41) is 0. The molecule has 1 unspecified atom stereocenters. The second kappa shape index (κ2) is 4.26. The number of aryl methyl sites for hydroxylation is 1. The van der Waals surface area contributed by atoms with E-state index in [-0.39, 0.29) is 0 Å². The molecule has 0 radical (unpaired) electrons. The lowest BCUT2D eigenvalue weighted by Gasteiger charge is -2.21. The zero-order valence-corrected chi connectivity index (χ0v) is 10.0. The van der Waals surface area contributed by atoms with Gasteiger partial charge in [-0.15, -0.1) is 0 Å². The molecule has 0 aromatic heterocycles. The highest BCUT2D eigenvalue weighted by atomic mass is 15.2. The molecular weight excluding hydrogens is 182 g/mol. The first-order chi connectivity index (χ1) is 7.18. The Bertz CT molecular complexity index is 330. The molecule has 0 amide bonds. The second-order valence-corrected chi connectivity index (χ2v) is 5.03. The van der Waals surface area contributed by atoms with E-state index >= 15 is 0 Å². The minimum absolute atomic E-state index is 0.819. The number of hydrogen-bond acceptors (Lipinski definition) is 1. The van der Waals surface area contributed by atoms with Crippen LogP contribution in [-0.4, -0.2) is 13.1 Å². The highest BCUT2D eigenvalue weighted by Crippen LogP contribution is 2.29. The summed E-state index contributed by atoms with van der Waals surface area (Å²) in [4.78, 5) is 2.54. The summed E-state index contributed by atoms with van der Waals surface area (Å²) in [6.07, 6.45) is 1.35. The zero-order valence-electron chi connectivity index (χ0n) is 10.0. The molecule has 0 bridgehead atoms. The Hall–Kier alpha value is -0.980. The van der Waals surface area contributed by atoms with Crippen LogP contribution in [0.1, 0.15) is 25.8 Å². The van der Waals surface area contributed by atoms with E-state index in [1.54, 1.807) is 0 Å². The van der Waals surface area contributed by atoms with Crippen LogP contribution in [-0.2, 0) is 0 Å². The normalized spacial score (nSPS) is 21.3. The van der Waals surface area contributed by atoms with Crippen molar-refractivity contribution in [1.82, 2.24) is 0 Å². The molecule has 1 nitrogen and oxygen atoms in total. The van der Waals surface area contributed by atoms with Gasteiger partial charge in [0.25, 0.3) is 0 Å². The number of benzene rings is 1. The Kier molecular flexibility index (Phi) is 2.99. The summed E-state index contributed by atoms with van der Waals surface area (Å²) in [7, 11) is 0. The van der Waals surface area contributed by atoms with Crippen LogP contribution in [0.2, 0.25) is 0 Å². The molecule has 1 aliphatic rings. The van der Waals surface area contributed by atoms with Crippen molar-refractivity contribution < 1.29 is 0 Å². The predicted molar refractivity (Wildman–Crippen MR) is 66.3 cm³/mol. The van der Waals surface area contributed by atoms with Crippen LogP contribution < -0.4 is 4.90 Å². The molecule has 0 N–H and O–H groups in total. The maximum Gasteiger partial charge on any atom is 0.0395 e. The monoisotopic (exact) mass is 203 g/mol. The van der Waals surface area contributed by atoms with Gasteiger partial charge in [0.05, 0.1) is 0 Å². The number of rotatable bonds is 2. The molecule has 1 aliphatic heterocycles. The predicted octanol–water partition coefficient (Wildman–Crippen LogP) is 3.48. The lowest BCUT2D eigenvalue weighted by molar-refractivity contribution is 0.422. The molecule has 0 spiro atoms. The molecule has 1 heteroatoms. The van der Waals surface area contributed by atoms with Crippen molar-refractivity contribution in [2.24, 2.45) is 11.8 Å². The quantitative estimate of drug-likeness (QED) is 0.711. The highest BCUT2D eigenvalue weighted by molar-refractivity contribution is 5.53. The van der Waals surface area contributed by atoms with Crippen molar-refractivity contribution >= 4 is 5.69 Å². The molecule has 1 saturated heterocycles. The SMILES string of the molecule is Cc1ccccc1N1CCC(C(C)C)C1. The van der Waals surface area contributed by atoms with Gasteiger partial charge in [-0.3, -0.25) is 0 Å². The molecule has 1 heterocycles. The van der Waals surface area contributed by atoms with Gasteiger partial charge in [-0.25, -0.2) is 0 Å². The molecule has 82 valence electrons. The van der Waals surface area contributed by atoms with Gasteiger partial charge in [0.1, 0.15) is 0 Å². The average Bonchev–Trinajstić information content (AvgIpc) is 2.67. The third kappa shape index (κ3) is 2.17. The summed E-state index contributed by atoms with van der Waals surface area (Å²) in [6.45, 7) is 9.35. The minimum Gasteiger partial charge on any atom is -0.371 e. The van der Waals surface area contributed by atoms with Gasteiger partial charge in [0.2, 0.25) is 0 Å². The van der Waals surface area contributed by atoms with Gasteiger partial charge in [0.15, 0.2) is 0 Å². The topological polar surface area (TPSA) is 3.24 Å². The lowest BCUT2D eigenvalue weighted by atomic mass is 9.95. The van der Waals surface area contributed by atoms with Gasteiger partial charge in [-0.05, 0) is 36.8 Å². The van der Waals surface area contributed by atoms with E-state index in [2.05, 4.69) is 49.9 Å². The van der Waals surface area contributed by atoms with Gasteiger partial charge in [-0.2, -0.15) is 0 Å². The number of hydrogen-bond donors (Lipinski definition) is 0. The van der Waals surface area contributed by atoms with Crippen molar-refractivity contribution in [3.8, 4) is 0 Å². The summed E-state index contributed by atoms with van der Waals surface area (Å²) < 4.78 is 0. The van der Waals surface area contributed by atoms with Crippen molar-refractivity contribution in [1.29, 1.82) is 0 Å². The van der Waals surface area contributed by atoms with Crippen molar-refractivity contribution in [3.05, 3.63) is 29.8 Å². The number of anilines is 1. The van der Waals surface area contributed by atoms with Gasteiger partial charge in [0, 0.05) is 18.8 Å². The fourth-order valence-electron chi connectivity index (χ4n) is 2.47. The molecule has 15 heavy (non-hydrogen) atoms. The van der Waals surface area contributed by atoms with Crippen LogP contribution in [0.15, 0.2) is 24.3 Å². The van der Waals surface area contributed by atoms with E-state index in [0.29, 0.717) is 0 Å². The highest BCUT2D eigenvalue weighted by Gasteiger charge is 2.25. The standard InChI is InChI=1S/C14H21N/c1-11(2)13-8-9-15(10-13)14-7-5-4-6-12(14)3/h4-7,11,13H,8-10H2,1-3H3. The third-order valence-corrected chi connectivity index (χ3v) is 3.62. The summed E-state index contributed by atoms with van der Waals surface area (Å²) >= 11 is 0. The maximum absolute atomic E-state index is 2.54. The van der Waals surface area contributed by atoms with Crippen molar-refractivity contribution in [2.45, 2.75) is 27.2 Å². The summed E-state index contributed by atoms with van der Waals surface area (Å²) in [6, 6.07) is 8.72. The van der Waals surface area contributed by atoms with E-state index in [1.807, 2.05) is 0 Å². The Labute approximate surface area is 93.1 Å². The van der Waals surface area contributed by atoms with Crippen LogP contribution in [0.4, 0.5) is 5.69 Å². The van der Waals surface area contributed by atoms with Crippen LogP contribution in [0, 0.1) is 18.8 Å². The zero-order chi connectivity index (χ0) is 10.8. The van der Waals surface area contributed by atoms with Crippen LogP contribution in [0.25, 0.3) is 0 Å². The molecule has 0 saturated carbocycles. The van der Waals surface area contributed by atoms with E-state index in [4.69, 9.17) is 0 Å². The first-order valence-corrected chi connectivity index (χ1v) is 5.99. The average molecular weight is 203 g/mol. The summed E-state index contributed by atoms with van der Waals surface area (Å²) in [5.41, 5.74) is 2.84. The molecule has 0 aliphatic carbocycles. The first kappa shape index (κ1) is 10.5. The number of para-hydroxylation sites is 1. The maximum atomic E-state index is 2.54. The fraction of sp³-hybridized carbons (Fsp3) is 0.571. The Morgan fingerprint density at radius 1 is 1.27 bits per heavy atom. The molecule has 1 fully saturated rings. The van der Waals surface area contributed by atoms with Crippen LogP contribution in [0.5, 0.6) is 0 Å². The van der Waals surface area contributed by atoms with Gasteiger partial charge in [-0.1, -0.05) is 32.0 Å². The number of nitrogens with zero attached hydrogens (tertiary/aromatic N) is 1. The minimum atomic E-state index is 0.819. The Balaban J connectivity index is 2.11. The first-order valence-electron chi connectivity index (χ1n) is 5.99. The van der Waals surface area contributed by atoms with Gasteiger partial charge >= 0.3 is 0 Å². The van der Waals surface area contributed by atoms with Crippen LogP contribution >= 0.6 is 0 Å². The van der Waals surface area contributed by atoms with E-state index in [9.17, 15) is 0 Å². The third-order valence-electron chi connectivity index (χ3n) is 3.62. The molecule has 1 aromatic carbocycles. The molecular formula is C14H21N. The Morgan fingerprint density at radius 2 is 2.00 bits per heavy atom. The van der Waals surface area contributed by atoms with E-state index in [1.165, 1.54) is 30.8 Å². The Morgan fingerprint density at radius 3 is 2.60 bits per heavy atom. The van der Waals surface area contributed by atoms with E-state index < -0.39 is 0 Å². The molecule has 2 rings (SSSR count). The second-order valence-electron chi connectivity index (χ2n) is 5.03. The van der Waals surface area contributed by atoms with E-state index in [0.717, 1.165) is 11.8 Å². The van der Waals surface area contributed by atoms with Crippen molar-refractivity contribution in [2.75, 3.05) is 18.0 Å². The smallest absolute Gasteiger partial charge is 0.0395 e. The van der Waals surface area contributed by atoms with Gasteiger partial charge < -0.3 is 4.90 Å².